The molecule has 1 atom stereocenters. The van der Waals surface area contributed by atoms with E-state index < -0.39 is 17.8 Å². The zero-order valence-corrected chi connectivity index (χ0v) is 11.5. The predicted octanol–water partition coefficient (Wildman–Crippen LogP) is 2.15. The largest absolute Gasteiger partial charge is 0.384 e. The average Bonchev–Trinajstić information content (AvgIpc) is 2.46. The monoisotopic (exact) mass is 289 g/mol. The molecule has 0 aromatic heterocycles. The van der Waals surface area contributed by atoms with Crippen LogP contribution < -0.4 is 5.73 Å². The highest BCUT2D eigenvalue weighted by Gasteiger charge is 2.18. The van der Waals surface area contributed by atoms with E-state index in [9.17, 15) is 14.3 Å². The maximum absolute atomic E-state index is 13.3. The molecule has 0 aliphatic rings. The van der Waals surface area contributed by atoms with Gasteiger partial charge in [-0.2, -0.15) is 0 Å². The van der Waals surface area contributed by atoms with Crippen molar-refractivity contribution in [2.45, 2.75) is 12.7 Å². The number of aliphatic hydroxyl groups excluding tert-OH is 1. The molecule has 3 N–H and O–H groups in total. The lowest BCUT2D eigenvalue weighted by Crippen LogP contribution is -2.16. The Kier molecular flexibility index (Phi) is 4.67. The van der Waals surface area contributed by atoms with Crippen LogP contribution in [0.2, 0.25) is 0 Å². The average molecular weight is 289 g/mol. The van der Waals surface area contributed by atoms with Gasteiger partial charge in [0.1, 0.15) is 11.9 Å². The van der Waals surface area contributed by atoms with Gasteiger partial charge in [-0.1, -0.05) is 18.2 Å². The van der Waals surface area contributed by atoms with E-state index >= 15 is 0 Å². The summed E-state index contributed by atoms with van der Waals surface area (Å²) in [6.07, 6.45) is -1.14. The maximum atomic E-state index is 13.3. The zero-order chi connectivity index (χ0) is 15.4. The lowest BCUT2D eigenvalue weighted by molar-refractivity contribution is 0.0995. The molecule has 0 aliphatic heterocycles. The van der Waals surface area contributed by atoms with Gasteiger partial charge in [0.15, 0.2) is 0 Å². The molecule has 0 heterocycles. The van der Waals surface area contributed by atoms with E-state index in [0.29, 0.717) is 17.7 Å². The summed E-state index contributed by atoms with van der Waals surface area (Å²) in [5, 5.41) is 10.4. The smallest absolute Gasteiger partial charge is 0.249 e. The number of aliphatic hydroxyl groups is 1. The first-order valence-electron chi connectivity index (χ1n) is 6.38. The second-order valence-electron chi connectivity index (χ2n) is 4.68. The van der Waals surface area contributed by atoms with Gasteiger partial charge in [-0.3, -0.25) is 4.79 Å². The summed E-state index contributed by atoms with van der Waals surface area (Å²) in [7, 11) is 1.55. The molecule has 1 amide bonds. The molecule has 5 heteroatoms. The van der Waals surface area contributed by atoms with Gasteiger partial charge in [0.2, 0.25) is 5.91 Å². The molecule has 0 saturated heterocycles. The van der Waals surface area contributed by atoms with E-state index in [1.54, 1.807) is 25.3 Å². The minimum absolute atomic E-state index is 0.201. The molecule has 0 saturated carbocycles. The third kappa shape index (κ3) is 3.45. The number of carbonyl (C=O) groups is 1. The van der Waals surface area contributed by atoms with Crippen LogP contribution in [0.5, 0.6) is 0 Å². The van der Waals surface area contributed by atoms with Crippen molar-refractivity contribution >= 4 is 5.91 Å². The van der Waals surface area contributed by atoms with Crippen LogP contribution >= 0.6 is 0 Å². The van der Waals surface area contributed by atoms with Crippen LogP contribution in [0.15, 0.2) is 42.5 Å². The number of hydrogen-bond donors (Lipinski definition) is 2. The number of benzene rings is 2. The minimum atomic E-state index is -1.14. The quantitative estimate of drug-likeness (QED) is 0.886. The number of halogens is 1. The van der Waals surface area contributed by atoms with Gasteiger partial charge >= 0.3 is 0 Å². The normalized spacial score (nSPS) is 12.1. The van der Waals surface area contributed by atoms with Crippen molar-refractivity contribution in [2.75, 3.05) is 7.11 Å². The highest BCUT2D eigenvalue weighted by Crippen LogP contribution is 2.26. The van der Waals surface area contributed by atoms with E-state index in [4.69, 9.17) is 10.5 Å². The van der Waals surface area contributed by atoms with E-state index in [2.05, 4.69) is 0 Å². The summed E-state index contributed by atoms with van der Waals surface area (Å²) < 4.78 is 18.3. The standard InChI is InChI=1S/C16H16FNO3/c1-21-9-10-5-6-13(16(18)20)14(7-10)15(19)11-3-2-4-12(17)8-11/h2-8,15,19H,9H2,1H3,(H2,18,20). The summed E-state index contributed by atoms with van der Waals surface area (Å²) in [5.74, 6) is -1.11. The van der Waals surface area contributed by atoms with E-state index in [0.717, 1.165) is 5.56 Å². The van der Waals surface area contributed by atoms with Gasteiger partial charge in [0.25, 0.3) is 0 Å². The number of rotatable bonds is 5. The number of nitrogens with two attached hydrogens (primary N) is 1. The van der Waals surface area contributed by atoms with Crippen LogP contribution in [0.4, 0.5) is 4.39 Å². The van der Waals surface area contributed by atoms with Crippen molar-refractivity contribution in [3.8, 4) is 0 Å². The molecule has 110 valence electrons. The lowest BCUT2D eigenvalue weighted by Gasteiger charge is -2.16. The second kappa shape index (κ2) is 6.47. The van der Waals surface area contributed by atoms with Crippen LogP contribution in [0, 0.1) is 5.82 Å². The number of hydrogen-bond acceptors (Lipinski definition) is 3. The Morgan fingerprint density at radius 2 is 2.10 bits per heavy atom. The number of carbonyl (C=O) groups excluding carboxylic acids is 1. The first-order chi connectivity index (χ1) is 10.0. The van der Waals surface area contributed by atoms with E-state index in [1.807, 2.05) is 0 Å². The Bertz CT molecular complexity index is 658. The predicted molar refractivity (Wildman–Crippen MR) is 76.1 cm³/mol. The fourth-order valence-electron chi connectivity index (χ4n) is 2.18. The lowest BCUT2D eigenvalue weighted by atomic mass is 9.94. The number of ether oxygens (including phenoxy) is 1. The van der Waals surface area contributed by atoms with Gasteiger partial charge in [0.05, 0.1) is 6.61 Å². The van der Waals surface area contributed by atoms with Crippen LogP contribution in [-0.2, 0) is 11.3 Å². The highest BCUT2D eigenvalue weighted by atomic mass is 19.1. The molecule has 0 bridgehead atoms. The minimum Gasteiger partial charge on any atom is -0.384 e. The molecule has 1 unspecified atom stereocenters. The van der Waals surface area contributed by atoms with Crippen LogP contribution in [0.25, 0.3) is 0 Å². The van der Waals surface area contributed by atoms with Gasteiger partial charge in [0, 0.05) is 12.7 Å². The molecule has 2 aromatic carbocycles. The number of methoxy groups -OCH3 is 1. The Morgan fingerprint density at radius 3 is 2.71 bits per heavy atom. The molecular formula is C16H16FNO3. The molecule has 4 nitrogen and oxygen atoms in total. The highest BCUT2D eigenvalue weighted by molar-refractivity contribution is 5.94. The fraction of sp³-hybridized carbons (Fsp3) is 0.188. The van der Waals surface area contributed by atoms with Gasteiger partial charge in [-0.25, -0.2) is 4.39 Å². The molecule has 0 spiro atoms. The first kappa shape index (κ1) is 15.2. The van der Waals surface area contributed by atoms with E-state index in [1.165, 1.54) is 24.3 Å². The molecule has 0 fully saturated rings. The van der Waals surface area contributed by atoms with Crippen molar-refractivity contribution in [1.29, 1.82) is 0 Å². The van der Waals surface area contributed by atoms with Crippen molar-refractivity contribution in [3.05, 3.63) is 70.5 Å². The van der Waals surface area contributed by atoms with Crippen molar-refractivity contribution in [3.63, 3.8) is 0 Å². The fourth-order valence-corrected chi connectivity index (χ4v) is 2.18. The molecule has 0 radical (unpaired) electrons. The molecule has 0 aliphatic carbocycles. The summed E-state index contributed by atoms with van der Waals surface area (Å²) in [6, 6.07) is 10.5. The molecule has 2 aromatic rings. The Balaban J connectivity index is 2.48. The van der Waals surface area contributed by atoms with Crippen molar-refractivity contribution in [2.24, 2.45) is 5.73 Å². The van der Waals surface area contributed by atoms with Crippen LogP contribution in [-0.4, -0.2) is 18.1 Å². The summed E-state index contributed by atoms with van der Waals surface area (Å²) in [6.45, 7) is 0.335. The second-order valence-corrected chi connectivity index (χ2v) is 4.68. The van der Waals surface area contributed by atoms with Crippen molar-refractivity contribution in [1.82, 2.24) is 0 Å². The third-order valence-electron chi connectivity index (χ3n) is 3.15. The van der Waals surface area contributed by atoms with Gasteiger partial charge in [-0.05, 0) is 41.0 Å². The SMILES string of the molecule is COCc1ccc(C(N)=O)c(C(O)c2cccc(F)c2)c1. The zero-order valence-electron chi connectivity index (χ0n) is 11.5. The first-order valence-corrected chi connectivity index (χ1v) is 6.38. The van der Waals surface area contributed by atoms with Crippen molar-refractivity contribution < 1.29 is 19.0 Å². The Hall–Kier alpha value is -2.24. The molecular weight excluding hydrogens is 273 g/mol. The van der Waals surface area contributed by atoms with Crippen LogP contribution in [0.1, 0.15) is 33.2 Å². The maximum Gasteiger partial charge on any atom is 0.249 e. The number of amides is 1. The van der Waals surface area contributed by atoms with Gasteiger partial charge < -0.3 is 15.6 Å². The van der Waals surface area contributed by atoms with Gasteiger partial charge in [-0.15, -0.1) is 0 Å². The number of primary amides is 1. The third-order valence-corrected chi connectivity index (χ3v) is 3.15. The Morgan fingerprint density at radius 1 is 1.33 bits per heavy atom. The van der Waals surface area contributed by atoms with Crippen LogP contribution in [0.3, 0.4) is 0 Å². The summed E-state index contributed by atoms with van der Waals surface area (Å²) >= 11 is 0. The molecule has 2 rings (SSSR count). The summed E-state index contributed by atoms with van der Waals surface area (Å²) in [4.78, 5) is 11.5. The summed E-state index contributed by atoms with van der Waals surface area (Å²) in [5.41, 5.74) is 7.00. The topological polar surface area (TPSA) is 72.5 Å². The van der Waals surface area contributed by atoms with E-state index in [-0.39, 0.29) is 5.56 Å². The Labute approximate surface area is 122 Å². The molecule has 21 heavy (non-hydrogen) atoms.